The minimum atomic E-state index is -1.24. The van der Waals surface area contributed by atoms with Gasteiger partial charge in [-0.1, -0.05) is 11.6 Å². The molecule has 0 saturated carbocycles. The molecule has 1 unspecified atom stereocenters. The van der Waals surface area contributed by atoms with Crippen LogP contribution in [0, 0.1) is 6.92 Å². The number of carbonyl (C=O) groups is 1. The van der Waals surface area contributed by atoms with Crippen LogP contribution in [0.25, 0.3) is 0 Å². The van der Waals surface area contributed by atoms with Crippen LogP contribution in [-0.4, -0.2) is 12.1 Å². The summed E-state index contributed by atoms with van der Waals surface area (Å²) in [6.45, 7) is 3.21. The van der Waals surface area contributed by atoms with Crippen molar-refractivity contribution < 1.29 is 44.2 Å². The normalized spacial score (nSPS) is 11.4. The molecule has 0 saturated heterocycles. The second kappa shape index (κ2) is 6.38. The standard InChI is InChI=1S/C10H11ClO3.Na/c1-6-5-8(11)3-4-9(6)14-7(2)10(12)13;/h3-5,7H,1-2H3,(H,12,13);/q;+1/p-1. The Kier molecular flexibility index (Phi) is 6.29. The maximum atomic E-state index is 10.4. The van der Waals surface area contributed by atoms with Gasteiger partial charge in [-0.15, -0.1) is 0 Å². The van der Waals surface area contributed by atoms with E-state index in [1.54, 1.807) is 25.1 Å². The summed E-state index contributed by atoms with van der Waals surface area (Å²) in [6, 6.07) is 4.99. The number of aliphatic carboxylic acids is 1. The van der Waals surface area contributed by atoms with Gasteiger partial charge in [-0.2, -0.15) is 0 Å². The molecule has 0 aromatic heterocycles. The van der Waals surface area contributed by atoms with Crippen molar-refractivity contribution in [1.29, 1.82) is 0 Å². The zero-order valence-corrected chi connectivity index (χ0v) is 11.7. The third kappa shape index (κ3) is 4.43. The molecular weight excluding hydrogens is 227 g/mol. The Morgan fingerprint density at radius 3 is 2.60 bits per heavy atom. The number of rotatable bonds is 3. The minimum absolute atomic E-state index is 0. The first kappa shape index (κ1) is 14.8. The van der Waals surface area contributed by atoms with E-state index in [1.165, 1.54) is 6.92 Å². The predicted octanol–water partition coefficient (Wildman–Crippen LogP) is -1.83. The van der Waals surface area contributed by atoms with Crippen LogP contribution in [0.5, 0.6) is 5.75 Å². The number of hydrogen-bond acceptors (Lipinski definition) is 3. The minimum Gasteiger partial charge on any atom is -0.546 e. The van der Waals surface area contributed by atoms with E-state index >= 15 is 0 Å². The maximum absolute atomic E-state index is 10.4. The second-order valence-electron chi connectivity index (χ2n) is 2.99. The number of carboxylic acid groups (broad SMARTS) is 1. The Morgan fingerprint density at radius 1 is 1.53 bits per heavy atom. The van der Waals surface area contributed by atoms with Gasteiger partial charge in [0.2, 0.25) is 0 Å². The van der Waals surface area contributed by atoms with Crippen LogP contribution in [0.1, 0.15) is 12.5 Å². The molecule has 76 valence electrons. The van der Waals surface area contributed by atoms with Crippen LogP contribution >= 0.6 is 11.6 Å². The molecule has 0 aliphatic carbocycles. The third-order valence-corrected chi connectivity index (χ3v) is 2.01. The van der Waals surface area contributed by atoms with Gasteiger partial charge in [-0.25, -0.2) is 0 Å². The van der Waals surface area contributed by atoms with Gasteiger partial charge in [-0.3, -0.25) is 0 Å². The molecule has 0 aliphatic heterocycles. The Bertz CT molecular complexity index is 355. The molecule has 0 bridgehead atoms. The molecule has 1 rings (SSSR count). The summed E-state index contributed by atoms with van der Waals surface area (Å²) >= 11 is 5.73. The molecule has 1 atom stereocenters. The van der Waals surface area contributed by atoms with Crippen molar-refractivity contribution in [2.24, 2.45) is 0 Å². The summed E-state index contributed by atoms with van der Waals surface area (Å²) in [4.78, 5) is 10.4. The van der Waals surface area contributed by atoms with Crippen LogP contribution in [0.3, 0.4) is 0 Å². The van der Waals surface area contributed by atoms with E-state index in [0.717, 1.165) is 5.56 Å². The number of benzene rings is 1. The molecule has 1 aromatic carbocycles. The summed E-state index contributed by atoms with van der Waals surface area (Å²) in [5.41, 5.74) is 0.797. The van der Waals surface area contributed by atoms with Gasteiger partial charge in [-0.05, 0) is 37.6 Å². The molecule has 5 heteroatoms. The molecule has 0 radical (unpaired) electrons. The molecule has 0 fully saturated rings. The largest absolute Gasteiger partial charge is 1.00 e. The average Bonchev–Trinajstić information content (AvgIpc) is 2.09. The van der Waals surface area contributed by atoms with Crippen LogP contribution in [0.4, 0.5) is 0 Å². The first-order valence-electron chi connectivity index (χ1n) is 4.14. The quantitative estimate of drug-likeness (QED) is 0.580. The fourth-order valence-corrected chi connectivity index (χ4v) is 1.21. The Labute approximate surface area is 116 Å². The molecule has 0 heterocycles. The molecular formula is C10H10ClNaO3. The van der Waals surface area contributed by atoms with Crippen molar-refractivity contribution in [2.75, 3.05) is 0 Å². The SMILES string of the molecule is Cc1cc(Cl)ccc1OC(C)C(=O)[O-].[Na+]. The van der Waals surface area contributed by atoms with E-state index in [9.17, 15) is 9.90 Å². The number of carbonyl (C=O) groups excluding carboxylic acids is 1. The van der Waals surface area contributed by atoms with Gasteiger partial charge in [0.05, 0.1) is 5.97 Å². The van der Waals surface area contributed by atoms with Gasteiger partial charge >= 0.3 is 29.6 Å². The average molecular weight is 237 g/mol. The van der Waals surface area contributed by atoms with Crippen molar-refractivity contribution in [2.45, 2.75) is 20.0 Å². The van der Waals surface area contributed by atoms with Crippen molar-refractivity contribution in [1.82, 2.24) is 0 Å². The fourth-order valence-electron chi connectivity index (χ4n) is 0.984. The van der Waals surface area contributed by atoms with Crippen LogP contribution in [-0.2, 0) is 4.79 Å². The maximum Gasteiger partial charge on any atom is 1.00 e. The molecule has 15 heavy (non-hydrogen) atoms. The number of aryl methyl sites for hydroxylation is 1. The van der Waals surface area contributed by atoms with Gasteiger partial charge in [0.1, 0.15) is 11.9 Å². The first-order chi connectivity index (χ1) is 6.50. The van der Waals surface area contributed by atoms with Crippen molar-refractivity contribution in [3.8, 4) is 5.75 Å². The van der Waals surface area contributed by atoms with E-state index in [2.05, 4.69) is 0 Å². The summed E-state index contributed by atoms with van der Waals surface area (Å²) in [5.74, 6) is -0.731. The molecule has 3 nitrogen and oxygen atoms in total. The van der Waals surface area contributed by atoms with Gasteiger partial charge < -0.3 is 14.6 Å². The summed E-state index contributed by atoms with van der Waals surface area (Å²) in [5, 5.41) is 11.0. The topological polar surface area (TPSA) is 49.4 Å². The van der Waals surface area contributed by atoms with Crippen molar-refractivity contribution in [3.05, 3.63) is 28.8 Å². The zero-order valence-electron chi connectivity index (χ0n) is 8.91. The van der Waals surface area contributed by atoms with Crippen molar-refractivity contribution >= 4 is 17.6 Å². The predicted molar refractivity (Wildman–Crippen MR) is 51.3 cm³/mol. The number of hydrogen-bond donors (Lipinski definition) is 0. The Morgan fingerprint density at radius 2 is 2.13 bits per heavy atom. The van der Waals surface area contributed by atoms with Crippen LogP contribution < -0.4 is 39.4 Å². The number of ether oxygens (including phenoxy) is 1. The van der Waals surface area contributed by atoms with Crippen LogP contribution in [0.15, 0.2) is 18.2 Å². The number of carboxylic acids is 1. The van der Waals surface area contributed by atoms with E-state index < -0.39 is 12.1 Å². The smallest absolute Gasteiger partial charge is 0.546 e. The zero-order chi connectivity index (χ0) is 10.7. The molecule has 0 amide bonds. The van der Waals surface area contributed by atoms with Crippen molar-refractivity contribution in [3.63, 3.8) is 0 Å². The first-order valence-corrected chi connectivity index (χ1v) is 4.52. The van der Waals surface area contributed by atoms with Gasteiger partial charge in [0, 0.05) is 5.02 Å². The van der Waals surface area contributed by atoms with Gasteiger partial charge in [0.25, 0.3) is 0 Å². The van der Waals surface area contributed by atoms with E-state index in [0.29, 0.717) is 10.8 Å². The monoisotopic (exact) mass is 236 g/mol. The molecule has 1 aromatic rings. The third-order valence-electron chi connectivity index (χ3n) is 1.77. The van der Waals surface area contributed by atoms with Crippen LogP contribution in [0.2, 0.25) is 5.02 Å². The van der Waals surface area contributed by atoms with E-state index in [4.69, 9.17) is 16.3 Å². The molecule has 0 aliphatic rings. The summed E-state index contributed by atoms with van der Waals surface area (Å²) in [7, 11) is 0. The van der Waals surface area contributed by atoms with E-state index in [-0.39, 0.29) is 29.6 Å². The molecule has 0 N–H and O–H groups in total. The number of halogens is 1. The van der Waals surface area contributed by atoms with Gasteiger partial charge in [0.15, 0.2) is 0 Å². The summed E-state index contributed by atoms with van der Waals surface area (Å²) < 4.78 is 5.14. The second-order valence-corrected chi connectivity index (χ2v) is 3.43. The Balaban J connectivity index is 0.00000196. The van der Waals surface area contributed by atoms with E-state index in [1.807, 2.05) is 0 Å². The summed E-state index contributed by atoms with van der Waals surface area (Å²) in [6.07, 6.45) is -0.963. The molecule has 0 spiro atoms. The fraction of sp³-hybridized carbons (Fsp3) is 0.300. The Hall–Kier alpha value is -0.220.